The van der Waals surface area contributed by atoms with Crippen LogP contribution in [0.3, 0.4) is 0 Å². The molecule has 2 aromatic rings. The van der Waals surface area contributed by atoms with Gasteiger partial charge in [-0.3, -0.25) is 0 Å². The standard InChI is InChI=1S/C16H16ClNS2/c1-11-3-8-15(9-12(11)2)18-16(19)20-10-13-4-6-14(17)7-5-13/h3-9H,10H2,1-2H3,(H,18,19). The van der Waals surface area contributed by atoms with E-state index >= 15 is 0 Å². The summed E-state index contributed by atoms with van der Waals surface area (Å²) < 4.78 is 0.781. The molecule has 0 bridgehead atoms. The average molecular weight is 322 g/mol. The van der Waals surface area contributed by atoms with E-state index in [-0.39, 0.29) is 0 Å². The summed E-state index contributed by atoms with van der Waals surface area (Å²) in [7, 11) is 0. The fraction of sp³-hybridized carbons (Fsp3) is 0.188. The Kier molecular flexibility index (Phi) is 5.46. The lowest BCUT2D eigenvalue weighted by Gasteiger charge is -2.09. The predicted molar refractivity (Wildman–Crippen MR) is 94.9 cm³/mol. The molecule has 20 heavy (non-hydrogen) atoms. The molecule has 0 atom stereocenters. The Balaban J connectivity index is 1.89. The van der Waals surface area contributed by atoms with Gasteiger partial charge in [0, 0.05) is 16.5 Å². The van der Waals surface area contributed by atoms with Crippen LogP contribution in [0.4, 0.5) is 5.69 Å². The van der Waals surface area contributed by atoms with E-state index in [1.807, 2.05) is 24.3 Å². The Labute approximate surface area is 134 Å². The van der Waals surface area contributed by atoms with Gasteiger partial charge in [0.05, 0.1) is 0 Å². The molecule has 2 aromatic carbocycles. The third-order valence-electron chi connectivity index (χ3n) is 3.04. The van der Waals surface area contributed by atoms with Gasteiger partial charge >= 0.3 is 0 Å². The van der Waals surface area contributed by atoms with Gasteiger partial charge in [0.25, 0.3) is 0 Å². The predicted octanol–water partition coefficient (Wildman–Crippen LogP) is 5.59. The normalized spacial score (nSPS) is 10.3. The minimum Gasteiger partial charge on any atom is -0.341 e. The third kappa shape index (κ3) is 4.51. The van der Waals surface area contributed by atoms with E-state index in [1.165, 1.54) is 16.7 Å². The van der Waals surface area contributed by atoms with Crippen molar-refractivity contribution in [3.63, 3.8) is 0 Å². The first-order valence-electron chi connectivity index (χ1n) is 6.30. The number of thiocarbonyl (C=S) groups is 1. The molecular weight excluding hydrogens is 306 g/mol. The number of nitrogens with one attached hydrogen (secondary N) is 1. The minimum atomic E-state index is 0.759. The monoisotopic (exact) mass is 321 g/mol. The highest BCUT2D eigenvalue weighted by molar-refractivity contribution is 8.22. The van der Waals surface area contributed by atoms with Crippen molar-refractivity contribution in [1.29, 1.82) is 0 Å². The van der Waals surface area contributed by atoms with Gasteiger partial charge in [0.1, 0.15) is 4.32 Å². The van der Waals surface area contributed by atoms with Gasteiger partial charge in [-0.05, 0) is 54.8 Å². The quantitative estimate of drug-likeness (QED) is 0.740. The molecule has 0 saturated carbocycles. The minimum absolute atomic E-state index is 0.759. The van der Waals surface area contributed by atoms with Gasteiger partial charge in [-0.1, -0.05) is 53.8 Å². The van der Waals surface area contributed by atoms with Crippen molar-refractivity contribution in [2.24, 2.45) is 0 Å². The molecule has 0 aliphatic carbocycles. The Morgan fingerprint density at radius 1 is 1.10 bits per heavy atom. The van der Waals surface area contributed by atoms with Gasteiger partial charge < -0.3 is 5.32 Å². The number of anilines is 1. The van der Waals surface area contributed by atoms with Gasteiger partial charge in [-0.2, -0.15) is 0 Å². The topological polar surface area (TPSA) is 12.0 Å². The fourth-order valence-corrected chi connectivity index (χ4v) is 2.80. The first-order valence-corrected chi connectivity index (χ1v) is 8.07. The summed E-state index contributed by atoms with van der Waals surface area (Å²) in [6.07, 6.45) is 0. The lowest BCUT2D eigenvalue weighted by Crippen LogP contribution is -2.05. The Hall–Kier alpha value is -1.03. The number of aryl methyl sites for hydroxylation is 2. The maximum absolute atomic E-state index is 5.86. The molecule has 0 unspecified atom stereocenters. The number of halogens is 1. The lowest BCUT2D eigenvalue weighted by molar-refractivity contribution is 1.34. The molecule has 0 saturated heterocycles. The molecule has 1 nitrogen and oxygen atoms in total. The summed E-state index contributed by atoms with van der Waals surface area (Å²) >= 11 is 12.8. The molecule has 0 aliphatic rings. The second kappa shape index (κ2) is 7.11. The van der Waals surface area contributed by atoms with Crippen molar-refractivity contribution in [2.45, 2.75) is 19.6 Å². The summed E-state index contributed by atoms with van der Waals surface area (Å²) in [6, 6.07) is 14.1. The smallest absolute Gasteiger partial charge is 0.138 e. The number of hydrogen-bond acceptors (Lipinski definition) is 2. The molecule has 0 amide bonds. The van der Waals surface area contributed by atoms with Crippen LogP contribution in [0.1, 0.15) is 16.7 Å². The highest BCUT2D eigenvalue weighted by Gasteiger charge is 2.02. The summed E-state index contributed by atoms with van der Waals surface area (Å²) in [4.78, 5) is 0. The zero-order valence-electron chi connectivity index (χ0n) is 11.4. The average Bonchev–Trinajstić information content (AvgIpc) is 2.42. The number of thioether (sulfide) groups is 1. The summed E-state index contributed by atoms with van der Waals surface area (Å²) in [5.74, 6) is 0.841. The maximum Gasteiger partial charge on any atom is 0.138 e. The Morgan fingerprint density at radius 2 is 1.80 bits per heavy atom. The zero-order chi connectivity index (χ0) is 14.5. The highest BCUT2D eigenvalue weighted by Crippen LogP contribution is 2.20. The SMILES string of the molecule is Cc1ccc(NC(=S)SCc2ccc(Cl)cc2)cc1C. The van der Waals surface area contributed by atoms with Crippen molar-refractivity contribution in [1.82, 2.24) is 0 Å². The molecule has 0 aliphatic heterocycles. The van der Waals surface area contributed by atoms with E-state index < -0.39 is 0 Å². The van der Waals surface area contributed by atoms with Gasteiger partial charge in [0.2, 0.25) is 0 Å². The zero-order valence-corrected chi connectivity index (χ0v) is 13.8. The third-order valence-corrected chi connectivity index (χ3v) is 4.59. The van der Waals surface area contributed by atoms with Gasteiger partial charge in [-0.15, -0.1) is 0 Å². The second-order valence-corrected chi connectivity index (χ2v) is 6.72. The van der Waals surface area contributed by atoms with Crippen LogP contribution in [0.5, 0.6) is 0 Å². The molecule has 2 rings (SSSR count). The van der Waals surface area contributed by atoms with Crippen LogP contribution in [0, 0.1) is 13.8 Å². The van der Waals surface area contributed by atoms with E-state index in [0.29, 0.717) is 0 Å². The van der Waals surface area contributed by atoms with Crippen molar-refractivity contribution < 1.29 is 0 Å². The summed E-state index contributed by atoms with van der Waals surface area (Å²) in [5.41, 5.74) is 4.81. The Morgan fingerprint density at radius 3 is 2.45 bits per heavy atom. The number of hydrogen-bond donors (Lipinski definition) is 1. The molecule has 4 heteroatoms. The maximum atomic E-state index is 5.86. The molecule has 104 valence electrons. The van der Waals surface area contributed by atoms with Gasteiger partial charge in [0.15, 0.2) is 0 Å². The van der Waals surface area contributed by atoms with Crippen LogP contribution in [-0.2, 0) is 5.75 Å². The largest absolute Gasteiger partial charge is 0.341 e. The van der Waals surface area contributed by atoms with Gasteiger partial charge in [-0.25, -0.2) is 0 Å². The van der Waals surface area contributed by atoms with Crippen LogP contribution in [0.15, 0.2) is 42.5 Å². The van der Waals surface area contributed by atoms with E-state index in [1.54, 1.807) is 11.8 Å². The molecule has 0 radical (unpaired) electrons. The lowest BCUT2D eigenvalue weighted by atomic mass is 10.1. The van der Waals surface area contributed by atoms with Crippen molar-refractivity contribution in [3.8, 4) is 0 Å². The van der Waals surface area contributed by atoms with Crippen LogP contribution in [0.2, 0.25) is 5.02 Å². The van der Waals surface area contributed by atoms with Crippen LogP contribution < -0.4 is 5.32 Å². The van der Waals surface area contributed by atoms with E-state index in [4.69, 9.17) is 23.8 Å². The fourth-order valence-electron chi connectivity index (χ4n) is 1.70. The summed E-state index contributed by atoms with van der Waals surface area (Å²) in [6.45, 7) is 4.21. The van der Waals surface area contributed by atoms with E-state index in [0.717, 1.165) is 20.8 Å². The molecule has 0 spiro atoms. The highest BCUT2D eigenvalue weighted by atomic mass is 35.5. The first kappa shape index (κ1) is 15.4. The molecular formula is C16H16ClNS2. The molecule has 1 N–H and O–H groups in total. The first-order chi connectivity index (χ1) is 9.54. The number of benzene rings is 2. The van der Waals surface area contributed by atoms with Crippen LogP contribution >= 0.6 is 35.6 Å². The molecule has 0 aromatic heterocycles. The van der Waals surface area contributed by atoms with E-state index in [9.17, 15) is 0 Å². The second-order valence-electron chi connectivity index (χ2n) is 4.63. The van der Waals surface area contributed by atoms with Crippen molar-refractivity contribution >= 4 is 45.6 Å². The summed E-state index contributed by atoms with van der Waals surface area (Å²) in [5, 5.41) is 4.02. The Bertz CT molecular complexity index is 608. The van der Waals surface area contributed by atoms with Crippen molar-refractivity contribution in [2.75, 3.05) is 5.32 Å². The number of rotatable bonds is 3. The van der Waals surface area contributed by atoms with E-state index in [2.05, 4.69) is 37.4 Å². The van der Waals surface area contributed by atoms with Crippen LogP contribution in [0.25, 0.3) is 0 Å². The molecule has 0 heterocycles. The molecule has 0 fully saturated rings. The van der Waals surface area contributed by atoms with Crippen molar-refractivity contribution in [3.05, 3.63) is 64.2 Å². The van der Waals surface area contributed by atoms with Crippen LogP contribution in [-0.4, -0.2) is 4.32 Å².